The fourth-order valence-corrected chi connectivity index (χ4v) is 5.02. The molecule has 1 aromatic carbocycles. The van der Waals surface area contributed by atoms with Crippen molar-refractivity contribution < 1.29 is 13.5 Å². The molecule has 1 aliphatic heterocycles. The zero-order chi connectivity index (χ0) is 18.7. The van der Waals surface area contributed by atoms with E-state index >= 15 is 0 Å². The molecule has 2 heterocycles. The fourth-order valence-electron chi connectivity index (χ4n) is 3.74. The third-order valence-electron chi connectivity index (χ3n) is 5.20. The smallest absolute Gasteiger partial charge is 0.241 e. The van der Waals surface area contributed by atoms with E-state index in [2.05, 4.69) is 28.5 Å². The summed E-state index contributed by atoms with van der Waals surface area (Å²) in [7, 11) is -3.72. The number of hydrogen-bond acceptors (Lipinski definition) is 5. The largest absolute Gasteiger partial charge is 0.390 e. The molecule has 0 aliphatic carbocycles. The minimum absolute atomic E-state index is 0.00504. The van der Waals surface area contributed by atoms with Gasteiger partial charge in [-0.05, 0) is 51.0 Å². The number of pyridine rings is 1. The number of hydrogen-bond donors (Lipinski definition) is 2. The zero-order valence-electron chi connectivity index (χ0n) is 15.3. The van der Waals surface area contributed by atoms with Crippen LogP contribution in [0.25, 0.3) is 10.9 Å². The predicted octanol–water partition coefficient (Wildman–Crippen LogP) is 2.14. The second-order valence-electron chi connectivity index (χ2n) is 7.16. The molecule has 26 heavy (non-hydrogen) atoms. The van der Waals surface area contributed by atoms with Crippen LogP contribution in [0.15, 0.2) is 41.4 Å². The number of sulfonamides is 1. The first-order valence-corrected chi connectivity index (χ1v) is 10.6. The van der Waals surface area contributed by atoms with Gasteiger partial charge in [0, 0.05) is 36.8 Å². The topological polar surface area (TPSA) is 82.5 Å². The van der Waals surface area contributed by atoms with Crippen LogP contribution in [-0.2, 0) is 10.0 Å². The molecule has 1 saturated heterocycles. The van der Waals surface area contributed by atoms with Crippen LogP contribution in [0.3, 0.4) is 0 Å². The van der Waals surface area contributed by atoms with Crippen LogP contribution in [0, 0.1) is 0 Å². The predicted molar refractivity (Wildman–Crippen MR) is 102 cm³/mol. The van der Waals surface area contributed by atoms with Gasteiger partial charge in [-0.3, -0.25) is 9.88 Å². The van der Waals surface area contributed by atoms with Crippen molar-refractivity contribution in [2.24, 2.45) is 0 Å². The molecule has 2 aromatic rings. The molecule has 1 aliphatic rings. The van der Waals surface area contributed by atoms with Crippen molar-refractivity contribution >= 4 is 20.9 Å². The van der Waals surface area contributed by atoms with Crippen LogP contribution in [0.1, 0.15) is 33.1 Å². The summed E-state index contributed by atoms with van der Waals surface area (Å²) in [5.74, 6) is 0. The van der Waals surface area contributed by atoms with E-state index in [1.54, 1.807) is 36.5 Å². The second-order valence-corrected chi connectivity index (χ2v) is 8.89. The zero-order valence-corrected chi connectivity index (χ0v) is 16.1. The second kappa shape index (κ2) is 8.00. The molecule has 3 rings (SSSR count). The molecule has 142 valence electrons. The van der Waals surface area contributed by atoms with E-state index in [1.165, 1.54) is 6.42 Å². The summed E-state index contributed by atoms with van der Waals surface area (Å²) < 4.78 is 28.0. The summed E-state index contributed by atoms with van der Waals surface area (Å²) >= 11 is 0. The van der Waals surface area contributed by atoms with Gasteiger partial charge in [0.15, 0.2) is 0 Å². The number of fused-ring (bicyclic) bond motifs is 1. The van der Waals surface area contributed by atoms with Gasteiger partial charge in [0.1, 0.15) is 0 Å². The van der Waals surface area contributed by atoms with E-state index in [0.29, 0.717) is 29.5 Å². The fraction of sp³-hybridized carbons (Fsp3) is 0.526. The number of aromatic nitrogens is 1. The minimum Gasteiger partial charge on any atom is -0.390 e. The molecule has 1 aromatic heterocycles. The highest BCUT2D eigenvalue weighted by atomic mass is 32.2. The van der Waals surface area contributed by atoms with Gasteiger partial charge in [0.05, 0.1) is 16.5 Å². The molecule has 0 radical (unpaired) electrons. The van der Waals surface area contributed by atoms with Crippen molar-refractivity contribution in [3.63, 3.8) is 0 Å². The number of nitrogens with zero attached hydrogens (tertiary/aromatic N) is 2. The van der Waals surface area contributed by atoms with E-state index in [4.69, 9.17) is 0 Å². The van der Waals surface area contributed by atoms with E-state index in [-0.39, 0.29) is 11.4 Å². The maximum atomic E-state index is 12.7. The van der Waals surface area contributed by atoms with Crippen molar-refractivity contribution in [1.82, 2.24) is 14.6 Å². The molecule has 2 N–H and O–H groups in total. The molecular formula is C19H27N3O3S. The van der Waals surface area contributed by atoms with E-state index in [0.717, 1.165) is 12.8 Å². The molecule has 6 nitrogen and oxygen atoms in total. The maximum Gasteiger partial charge on any atom is 0.241 e. The number of β-amino-alcohol motifs (C(OH)–C–C–N with tert-alkyl or cyclic N) is 1. The van der Waals surface area contributed by atoms with E-state index < -0.39 is 16.1 Å². The van der Waals surface area contributed by atoms with Crippen LogP contribution >= 0.6 is 0 Å². The van der Waals surface area contributed by atoms with Gasteiger partial charge in [0.25, 0.3) is 0 Å². The molecule has 0 unspecified atom stereocenters. The van der Waals surface area contributed by atoms with Crippen molar-refractivity contribution in [2.75, 3.05) is 13.1 Å². The summed E-state index contributed by atoms with van der Waals surface area (Å²) in [6.07, 6.45) is 4.33. The van der Waals surface area contributed by atoms with Gasteiger partial charge in [-0.15, -0.1) is 0 Å². The molecule has 0 spiro atoms. The molecule has 1 fully saturated rings. The number of nitrogens with one attached hydrogen (secondary N) is 1. The van der Waals surface area contributed by atoms with Gasteiger partial charge >= 0.3 is 0 Å². The monoisotopic (exact) mass is 377 g/mol. The first-order valence-electron chi connectivity index (χ1n) is 9.15. The number of benzene rings is 1. The van der Waals surface area contributed by atoms with Crippen LogP contribution in [0.2, 0.25) is 0 Å². The Morgan fingerprint density at radius 3 is 2.69 bits per heavy atom. The van der Waals surface area contributed by atoms with Gasteiger partial charge < -0.3 is 5.11 Å². The van der Waals surface area contributed by atoms with E-state index in [9.17, 15) is 13.5 Å². The van der Waals surface area contributed by atoms with Crippen molar-refractivity contribution in [1.29, 1.82) is 0 Å². The Balaban J connectivity index is 1.68. The number of rotatable bonds is 6. The lowest BCUT2D eigenvalue weighted by Crippen LogP contribution is -2.49. The van der Waals surface area contributed by atoms with Crippen molar-refractivity contribution in [2.45, 2.75) is 56.2 Å². The minimum atomic E-state index is -3.72. The van der Waals surface area contributed by atoms with Gasteiger partial charge in [-0.1, -0.05) is 12.5 Å². The Hall–Kier alpha value is -1.54. The highest BCUT2D eigenvalue weighted by molar-refractivity contribution is 7.89. The highest BCUT2D eigenvalue weighted by Gasteiger charge is 2.27. The number of aliphatic hydroxyl groups excluding tert-OH is 1. The lowest BCUT2D eigenvalue weighted by molar-refractivity contribution is 0.0438. The quantitative estimate of drug-likeness (QED) is 0.806. The molecule has 0 bridgehead atoms. The normalized spacial score (nSPS) is 23.2. The van der Waals surface area contributed by atoms with Crippen molar-refractivity contribution in [3.8, 4) is 0 Å². The maximum absolute atomic E-state index is 12.7. The molecule has 7 heteroatoms. The summed E-state index contributed by atoms with van der Waals surface area (Å²) in [6, 6.07) is 9.30. The first kappa shape index (κ1) is 19.2. The number of likely N-dealkylation sites (tertiary alicyclic amines) is 1. The van der Waals surface area contributed by atoms with E-state index in [1.807, 2.05) is 0 Å². The van der Waals surface area contributed by atoms with Crippen LogP contribution in [-0.4, -0.2) is 54.7 Å². The molecule has 0 amide bonds. The van der Waals surface area contributed by atoms with Crippen LogP contribution < -0.4 is 4.72 Å². The Morgan fingerprint density at radius 1 is 1.23 bits per heavy atom. The summed E-state index contributed by atoms with van der Waals surface area (Å²) in [5, 5.41) is 11.0. The highest BCUT2D eigenvalue weighted by Crippen LogP contribution is 2.23. The van der Waals surface area contributed by atoms with Gasteiger partial charge in [0.2, 0.25) is 10.0 Å². The Morgan fingerprint density at radius 2 is 1.96 bits per heavy atom. The summed E-state index contributed by atoms with van der Waals surface area (Å²) in [6.45, 7) is 4.79. The number of aliphatic hydroxyl groups is 1. The third kappa shape index (κ3) is 4.23. The van der Waals surface area contributed by atoms with Gasteiger partial charge in [-0.2, -0.15) is 0 Å². The lowest BCUT2D eigenvalue weighted by atomic mass is 9.97. The third-order valence-corrected chi connectivity index (χ3v) is 6.68. The molecular weight excluding hydrogens is 350 g/mol. The molecule has 3 atom stereocenters. The van der Waals surface area contributed by atoms with Crippen molar-refractivity contribution in [3.05, 3.63) is 36.5 Å². The number of piperidine rings is 1. The average Bonchev–Trinajstić information content (AvgIpc) is 2.63. The van der Waals surface area contributed by atoms with Crippen LogP contribution in [0.5, 0.6) is 0 Å². The lowest BCUT2D eigenvalue weighted by Gasteiger charge is -2.40. The Labute approximate surface area is 155 Å². The Bertz CT molecular complexity index is 841. The average molecular weight is 378 g/mol. The first-order chi connectivity index (χ1) is 12.4. The SMILES string of the molecule is C[C@@H]1CCC[C@H](C)N1C[C@@H](O)CNS(=O)(=O)c1cccc2ncccc12. The summed E-state index contributed by atoms with van der Waals surface area (Å²) in [5.41, 5.74) is 0.631. The molecule has 0 saturated carbocycles. The van der Waals surface area contributed by atoms with Crippen LogP contribution in [0.4, 0.5) is 0 Å². The van der Waals surface area contributed by atoms with Gasteiger partial charge in [-0.25, -0.2) is 13.1 Å². The summed E-state index contributed by atoms with van der Waals surface area (Å²) in [4.78, 5) is 6.65. The Kier molecular flexibility index (Phi) is 5.92. The standard InChI is InChI=1S/C19H27N3O3S/c1-14-6-3-7-15(2)22(14)13-16(23)12-21-26(24,25)19-10-4-9-18-17(19)8-5-11-20-18/h4-5,8-11,14-16,21,23H,3,6-7,12-13H2,1-2H3/t14-,15+,16-/m0/s1.